The Hall–Kier alpha value is -3.50. The second-order valence-corrected chi connectivity index (χ2v) is 10.5. The monoisotopic (exact) mass is 534 g/mol. The van der Waals surface area contributed by atoms with E-state index in [2.05, 4.69) is 25.1 Å². The number of amides is 3. The Morgan fingerprint density at radius 3 is 2.72 bits per heavy atom. The number of allylic oxidation sites excluding steroid dienone is 1. The molecule has 190 valence electrons. The molecule has 0 radical (unpaired) electrons. The number of nitrogen functional groups attached to an aromatic ring is 1. The first kappa shape index (κ1) is 24.2. The number of likely N-dealkylation sites (tertiary alicyclic amines) is 1. The first-order valence-corrected chi connectivity index (χ1v) is 12.8. The highest BCUT2D eigenvalue weighted by molar-refractivity contribution is 8.00. The van der Waals surface area contributed by atoms with Gasteiger partial charge in [-0.2, -0.15) is 9.36 Å². The molecule has 6 N–H and O–H groups in total. The summed E-state index contributed by atoms with van der Waals surface area (Å²) in [6.07, 6.45) is 2.09. The fourth-order valence-electron chi connectivity index (χ4n) is 4.46. The number of rotatable bonds is 7. The van der Waals surface area contributed by atoms with E-state index in [1.807, 2.05) is 0 Å². The number of nitrogens with two attached hydrogens (primary N) is 1. The van der Waals surface area contributed by atoms with E-state index >= 15 is 0 Å². The molecule has 14 nitrogen and oxygen atoms in total. The largest absolute Gasteiger partial charge is 0.477 e. The Labute approximate surface area is 212 Å². The van der Waals surface area contributed by atoms with Gasteiger partial charge in [0.15, 0.2) is 5.13 Å². The fourth-order valence-corrected chi connectivity index (χ4v) is 6.20. The van der Waals surface area contributed by atoms with Crippen LogP contribution in [0.2, 0.25) is 0 Å². The third-order valence-electron chi connectivity index (χ3n) is 6.36. The highest BCUT2D eigenvalue weighted by Gasteiger charge is 2.54. The van der Waals surface area contributed by atoms with E-state index in [9.17, 15) is 29.5 Å². The molecule has 36 heavy (non-hydrogen) atoms. The van der Waals surface area contributed by atoms with Crippen LogP contribution in [0.3, 0.4) is 0 Å². The van der Waals surface area contributed by atoms with Crippen LogP contribution in [-0.4, -0.2) is 102 Å². The lowest BCUT2D eigenvalue weighted by molar-refractivity contribution is -0.150. The predicted octanol–water partition coefficient (Wildman–Crippen LogP) is -1.58. The van der Waals surface area contributed by atoms with Crippen LogP contribution in [0.25, 0.3) is 0 Å². The lowest BCUT2D eigenvalue weighted by Crippen LogP contribution is -2.71. The second-order valence-electron chi connectivity index (χ2n) is 8.64. The van der Waals surface area contributed by atoms with Crippen LogP contribution >= 0.6 is 23.3 Å². The van der Waals surface area contributed by atoms with Crippen molar-refractivity contribution in [2.75, 3.05) is 37.7 Å². The van der Waals surface area contributed by atoms with Gasteiger partial charge in [-0.1, -0.05) is 5.16 Å². The molecule has 0 aliphatic carbocycles. The summed E-state index contributed by atoms with van der Waals surface area (Å²) in [5.41, 5.74) is 5.67. The molecule has 0 unspecified atom stereocenters. The SMILES string of the molecule is Nc1nc(C(=NO)C(=O)N[C@@H]2C(=O)N3C(C(=O)O)=C(C=C4CCN(CC5CNC5)C4=O)CS[C@H]23)ns1. The Morgan fingerprint density at radius 2 is 2.11 bits per heavy atom. The number of oxime groups is 1. The summed E-state index contributed by atoms with van der Waals surface area (Å²) in [7, 11) is 0. The lowest BCUT2D eigenvalue weighted by Gasteiger charge is -2.49. The fraction of sp³-hybridized carbons (Fsp3) is 0.450. The molecule has 5 rings (SSSR count). The summed E-state index contributed by atoms with van der Waals surface area (Å²) in [4.78, 5) is 57.1. The van der Waals surface area contributed by atoms with E-state index in [-0.39, 0.29) is 28.3 Å². The smallest absolute Gasteiger partial charge is 0.352 e. The molecule has 4 aliphatic heterocycles. The van der Waals surface area contributed by atoms with Gasteiger partial charge in [0, 0.05) is 55.0 Å². The van der Waals surface area contributed by atoms with Crippen LogP contribution in [0.5, 0.6) is 0 Å². The van der Waals surface area contributed by atoms with Gasteiger partial charge in [-0.3, -0.25) is 19.3 Å². The van der Waals surface area contributed by atoms with Gasteiger partial charge >= 0.3 is 5.97 Å². The maximum Gasteiger partial charge on any atom is 0.352 e. The number of nitrogens with one attached hydrogen (secondary N) is 2. The standard InChI is InChI=1S/C20H22N8O6S2/c21-20-24-14(26-36-20)11(25-34)15(29)23-12-17(31)28-13(19(32)33)10(7-35-18(12)28)3-9-1-2-27(16(9)30)6-8-4-22-5-8/h3,8,12,18,22,34H,1-2,4-7H2,(H,23,29)(H,32,33)(H2,21,24,26)/t12-,18-/m1/s1. The van der Waals surface area contributed by atoms with Crippen molar-refractivity contribution in [3.63, 3.8) is 0 Å². The number of thioether (sulfide) groups is 1. The Kier molecular flexibility index (Phi) is 6.40. The van der Waals surface area contributed by atoms with Gasteiger partial charge in [-0.15, -0.1) is 11.8 Å². The molecule has 1 aromatic heterocycles. The number of nitrogens with zero attached hydrogens (tertiary/aromatic N) is 5. The maximum absolute atomic E-state index is 12.9. The summed E-state index contributed by atoms with van der Waals surface area (Å²) in [6.45, 7) is 3.00. The van der Waals surface area contributed by atoms with E-state index in [4.69, 9.17) is 5.73 Å². The van der Waals surface area contributed by atoms with E-state index in [1.54, 1.807) is 11.0 Å². The molecule has 0 bridgehead atoms. The summed E-state index contributed by atoms with van der Waals surface area (Å²) in [5.74, 6) is -2.47. The summed E-state index contributed by atoms with van der Waals surface area (Å²) in [6, 6.07) is -1.04. The van der Waals surface area contributed by atoms with Crippen LogP contribution < -0.4 is 16.4 Å². The van der Waals surface area contributed by atoms with Gasteiger partial charge < -0.3 is 31.6 Å². The zero-order chi connectivity index (χ0) is 25.6. The summed E-state index contributed by atoms with van der Waals surface area (Å²) >= 11 is 2.07. The molecule has 3 amide bonds. The third kappa shape index (κ3) is 4.20. The third-order valence-corrected chi connectivity index (χ3v) is 8.21. The van der Waals surface area contributed by atoms with Crippen molar-refractivity contribution in [2.45, 2.75) is 17.8 Å². The molecule has 16 heteroatoms. The molecule has 0 saturated carbocycles. The number of carbonyl (C=O) groups is 4. The number of aromatic nitrogens is 2. The number of carboxylic acid groups (broad SMARTS) is 1. The van der Waals surface area contributed by atoms with Crippen LogP contribution in [-0.2, 0) is 19.2 Å². The number of aliphatic carboxylic acids is 1. The van der Waals surface area contributed by atoms with Crippen molar-refractivity contribution in [2.24, 2.45) is 11.1 Å². The van der Waals surface area contributed by atoms with Gasteiger partial charge in [0.25, 0.3) is 11.8 Å². The number of fused-ring (bicyclic) bond motifs is 1. The van der Waals surface area contributed by atoms with E-state index in [0.29, 0.717) is 36.6 Å². The molecule has 1 aromatic rings. The number of carbonyl (C=O) groups excluding carboxylic acids is 3. The topological polar surface area (TPSA) is 203 Å². The van der Waals surface area contributed by atoms with Gasteiger partial charge in [-0.25, -0.2) is 4.79 Å². The van der Waals surface area contributed by atoms with Crippen LogP contribution in [0.4, 0.5) is 5.13 Å². The number of carboxylic acids is 1. The van der Waals surface area contributed by atoms with E-state index < -0.39 is 34.9 Å². The quantitative estimate of drug-likeness (QED) is 0.0887. The zero-order valence-corrected chi connectivity index (χ0v) is 20.3. The van der Waals surface area contributed by atoms with E-state index in [1.165, 1.54) is 11.8 Å². The minimum atomic E-state index is -1.30. The molecule has 2 atom stereocenters. The normalized spacial score (nSPS) is 25.7. The zero-order valence-electron chi connectivity index (χ0n) is 18.7. The van der Waals surface area contributed by atoms with Gasteiger partial charge in [0.1, 0.15) is 17.1 Å². The second kappa shape index (κ2) is 9.51. The molecule has 3 fully saturated rings. The minimum absolute atomic E-state index is 0.0643. The highest BCUT2D eigenvalue weighted by atomic mass is 32.2. The van der Waals surface area contributed by atoms with Crippen molar-refractivity contribution in [3.05, 3.63) is 28.7 Å². The van der Waals surface area contributed by atoms with Crippen LogP contribution in [0.1, 0.15) is 12.2 Å². The van der Waals surface area contributed by atoms with Crippen molar-refractivity contribution in [1.29, 1.82) is 0 Å². The number of anilines is 1. The van der Waals surface area contributed by atoms with Gasteiger partial charge in [-0.05, 0) is 18.1 Å². The highest BCUT2D eigenvalue weighted by Crippen LogP contribution is 2.41. The van der Waals surface area contributed by atoms with Gasteiger partial charge in [0.05, 0.1) is 0 Å². The average Bonchev–Trinajstić information content (AvgIpc) is 3.40. The molecular weight excluding hydrogens is 512 g/mol. The first-order chi connectivity index (χ1) is 17.3. The van der Waals surface area contributed by atoms with Crippen molar-refractivity contribution < 1.29 is 29.5 Å². The Morgan fingerprint density at radius 1 is 1.33 bits per heavy atom. The van der Waals surface area contributed by atoms with E-state index in [0.717, 1.165) is 29.5 Å². The van der Waals surface area contributed by atoms with Crippen LogP contribution in [0, 0.1) is 5.92 Å². The van der Waals surface area contributed by atoms with Crippen molar-refractivity contribution >= 4 is 57.8 Å². The molecule has 0 spiro atoms. The minimum Gasteiger partial charge on any atom is -0.477 e. The van der Waals surface area contributed by atoms with Gasteiger partial charge in [0.2, 0.25) is 17.4 Å². The molecule has 0 aromatic carbocycles. The number of hydrogen-bond acceptors (Lipinski definition) is 12. The van der Waals surface area contributed by atoms with Crippen molar-refractivity contribution in [3.8, 4) is 0 Å². The average molecular weight is 535 g/mol. The van der Waals surface area contributed by atoms with Crippen molar-refractivity contribution in [1.82, 2.24) is 29.8 Å². The number of β-lactam (4-membered cyclic amide) rings is 1. The molecule has 5 heterocycles. The summed E-state index contributed by atoms with van der Waals surface area (Å²) in [5, 5.41) is 27.1. The lowest BCUT2D eigenvalue weighted by atomic mass is 10.0. The molecule has 4 aliphatic rings. The first-order valence-electron chi connectivity index (χ1n) is 11.0. The Balaban J connectivity index is 1.31. The Bertz CT molecular complexity index is 1240. The molecular formula is C20H22N8O6S2. The maximum atomic E-state index is 12.9. The number of hydrogen-bond donors (Lipinski definition) is 5. The predicted molar refractivity (Wildman–Crippen MR) is 128 cm³/mol. The summed E-state index contributed by atoms with van der Waals surface area (Å²) < 4.78 is 3.82. The molecule has 3 saturated heterocycles. The van der Waals surface area contributed by atoms with Crippen LogP contribution in [0.15, 0.2) is 28.1 Å².